The number of aliphatic hydroxyl groups excluding tert-OH is 1. The van der Waals surface area contributed by atoms with Crippen LogP contribution < -0.4 is 9.47 Å². The van der Waals surface area contributed by atoms with Crippen molar-refractivity contribution >= 4 is 0 Å². The Morgan fingerprint density at radius 3 is 2.21 bits per heavy atom. The molecule has 2 aliphatic rings. The molecule has 0 amide bonds. The van der Waals surface area contributed by atoms with Gasteiger partial charge in [0.05, 0.1) is 45.7 Å². The standard InChI is InChI=1S/C33H46O6/c1-5-6-7-23(2)18-28(37-21-24-8-12-26(35-3)13-9-24)16-17-29-30-19-33(34)39-32(30)20-31(29)38-22-25-10-14-27(36-4)15-11-25/h8-17,23,28-34H,5-7,18-22H2,1-4H3/b17-16+/t23-,28+,29+,30+,31+,32-,33?/m0/s1. The molecule has 1 saturated heterocycles. The summed E-state index contributed by atoms with van der Waals surface area (Å²) >= 11 is 0. The number of fused-ring (bicyclic) bond motifs is 1. The van der Waals surface area contributed by atoms with Crippen LogP contribution in [0.2, 0.25) is 0 Å². The van der Waals surface area contributed by atoms with Crippen LogP contribution in [0.1, 0.15) is 63.5 Å². The van der Waals surface area contributed by atoms with Gasteiger partial charge >= 0.3 is 0 Å². The van der Waals surface area contributed by atoms with Crippen LogP contribution in [0.3, 0.4) is 0 Å². The number of rotatable bonds is 15. The van der Waals surface area contributed by atoms with Gasteiger partial charge in [0, 0.05) is 18.8 Å². The molecular formula is C33H46O6. The minimum atomic E-state index is -0.686. The second-order valence-electron chi connectivity index (χ2n) is 11.1. The third-order valence-corrected chi connectivity index (χ3v) is 8.15. The van der Waals surface area contributed by atoms with Gasteiger partial charge in [-0.2, -0.15) is 0 Å². The number of benzene rings is 2. The summed E-state index contributed by atoms with van der Waals surface area (Å²) in [6.07, 6.45) is 9.97. The average molecular weight is 539 g/mol. The summed E-state index contributed by atoms with van der Waals surface area (Å²) in [7, 11) is 3.35. The smallest absolute Gasteiger partial charge is 0.155 e. The molecule has 39 heavy (non-hydrogen) atoms. The monoisotopic (exact) mass is 538 g/mol. The van der Waals surface area contributed by atoms with E-state index in [2.05, 4.69) is 38.1 Å². The Bertz CT molecular complexity index is 1000. The van der Waals surface area contributed by atoms with Crippen molar-refractivity contribution in [2.24, 2.45) is 17.8 Å². The van der Waals surface area contributed by atoms with Crippen LogP contribution in [0.25, 0.3) is 0 Å². The molecule has 2 aromatic carbocycles. The summed E-state index contributed by atoms with van der Waals surface area (Å²) in [5.41, 5.74) is 2.24. The zero-order chi connectivity index (χ0) is 27.6. The Hall–Kier alpha value is -2.38. The number of hydrogen-bond donors (Lipinski definition) is 1. The summed E-state index contributed by atoms with van der Waals surface area (Å²) in [4.78, 5) is 0. The van der Waals surface area contributed by atoms with Crippen LogP contribution in [0.4, 0.5) is 0 Å². The lowest BCUT2D eigenvalue weighted by molar-refractivity contribution is -0.0989. The van der Waals surface area contributed by atoms with Crippen molar-refractivity contribution in [2.45, 2.75) is 90.2 Å². The van der Waals surface area contributed by atoms with Crippen molar-refractivity contribution < 1.29 is 28.8 Å². The van der Waals surface area contributed by atoms with E-state index in [0.29, 0.717) is 25.6 Å². The molecule has 1 aliphatic carbocycles. The van der Waals surface area contributed by atoms with Crippen molar-refractivity contribution in [1.82, 2.24) is 0 Å². The molecule has 2 aromatic rings. The molecular weight excluding hydrogens is 492 g/mol. The first-order valence-electron chi connectivity index (χ1n) is 14.5. The van der Waals surface area contributed by atoms with E-state index in [-0.39, 0.29) is 30.1 Å². The average Bonchev–Trinajstić information content (AvgIpc) is 3.48. The molecule has 214 valence electrons. The van der Waals surface area contributed by atoms with Gasteiger partial charge in [-0.25, -0.2) is 0 Å². The molecule has 0 radical (unpaired) electrons. The minimum Gasteiger partial charge on any atom is -0.497 e. The quantitative estimate of drug-likeness (QED) is 0.255. The van der Waals surface area contributed by atoms with Gasteiger partial charge in [-0.1, -0.05) is 69.5 Å². The number of unbranched alkanes of at least 4 members (excludes halogenated alkanes) is 1. The van der Waals surface area contributed by atoms with E-state index in [1.165, 1.54) is 19.3 Å². The van der Waals surface area contributed by atoms with Gasteiger partial charge in [-0.15, -0.1) is 0 Å². The third-order valence-electron chi connectivity index (χ3n) is 8.15. The molecule has 2 fully saturated rings. The summed E-state index contributed by atoms with van der Waals surface area (Å²) in [5.74, 6) is 2.68. The number of ether oxygens (including phenoxy) is 5. The summed E-state index contributed by atoms with van der Waals surface area (Å²) in [6, 6.07) is 16.1. The molecule has 4 rings (SSSR count). The molecule has 1 aliphatic heterocycles. The van der Waals surface area contributed by atoms with Crippen molar-refractivity contribution in [1.29, 1.82) is 0 Å². The van der Waals surface area contributed by atoms with Gasteiger partial charge in [0.2, 0.25) is 0 Å². The van der Waals surface area contributed by atoms with Crippen molar-refractivity contribution in [3.05, 3.63) is 71.8 Å². The fraction of sp³-hybridized carbons (Fsp3) is 0.576. The van der Waals surface area contributed by atoms with Crippen LogP contribution in [0.15, 0.2) is 60.7 Å². The van der Waals surface area contributed by atoms with Gasteiger partial charge in [0.1, 0.15) is 11.5 Å². The van der Waals surface area contributed by atoms with Crippen LogP contribution in [0, 0.1) is 17.8 Å². The highest BCUT2D eigenvalue weighted by Crippen LogP contribution is 2.45. The predicted octanol–water partition coefficient (Wildman–Crippen LogP) is 6.69. The molecule has 7 atom stereocenters. The Labute approximate surface area is 234 Å². The van der Waals surface area contributed by atoms with Crippen LogP contribution in [-0.2, 0) is 27.4 Å². The molecule has 6 heteroatoms. The maximum absolute atomic E-state index is 10.2. The van der Waals surface area contributed by atoms with Gasteiger partial charge < -0.3 is 28.8 Å². The minimum absolute atomic E-state index is 0.00694. The lowest BCUT2D eigenvalue weighted by atomic mass is 9.90. The zero-order valence-corrected chi connectivity index (χ0v) is 24.0. The van der Waals surface area contributed by atoms with E-state index in [9.17, 15) is 5.11 Å². The van der Waals surface area contributed by atoms with Crippen molar-refractivity contribution in [3.63, 3.8) is 0 Å². The van der Waals surface area contributed by atoms with E-state index in [0.717, 1.165) is 35.5 Å². The molecule has 1 unspecified atom stereocenters. The van der Waals surface area contributed by atoms with E-state index in [1.54, 1.807) is 14.2 Å². The van der Waals surface area contributed by atoms with E-state index in [4.69, 9.17) is 23.7 Å². The predicted molar refractivity (Wildman–Crippen MR) is 153 cm³/mol. The number of aliphatic hydroxyl groups is 1. The first-order chi connectivity index (χ1) is 19.0. The van der Waals surface area contributed by atoms with Gasteiger partial charge in [0.15, 0.2) is 6.29 Å². The van der Waals surface area contributed by atoms with Crippen molar-refractivity contribution in [2.75, 3.05) is 14.2 Å². The topological polar surface area (TPSA) is 66.4 Å². The molecule has 1 saturated carbocycles. The summed E-state index contributed by atoms with van der Waals surface area (Å²) < 4.78 is 29.4. The van der Waals surface area contributed by atoms with Crippen molar-refractivity contribution in [3.8, 4) is 11.5 Å². The third kappa shape index (κ3) is 8.55. The Kier molecular flexibility index (Phi) is 11.3. The Morgan fingerprint density at radius 2 is 1.59 bits per heavy atom. The van der Waals surface area contributed by atoms with E-state index in [1.807, 2.05) is 36.4 Å². The number of methoxy groups -OCH3 is 2. The van der Waals surface area contributed by atoms with Crippen LogP contribution >= 0.6 is 0 Å². The SMILES string of the molecule is CCCC[C@H](C)C[C@@H](/C=C/[C@@H]1[C@H]2CC(O)O[C@H]2C[C@H]1OCc1ccc(OC)cc1)OCc1ccc(OC)cc1. The maximum atomic E-state index is 10.2. The fourth-order valence-corrected chi connectivity index (χ4v) is 5.86. The second-order valence-corrected chi connectivity index (χ2v) is 11.1. The molecule has 1 N–H and O–H groups in total. The molecule has 0 bridgehead atoms. The van der Waals surface area contributed by atoms with Crippen LogP contribution in [0.5, 0.6) is 11.5 Å². The normalized spacial score (nSPS) is 26.0. The van der Waals surface area contributed by atoms with Gasteiger partial charge in [0.25, 0.3) is 0 Å². The van der Waals surface area contributed by atoms with Crippen LogP contribution in [-0.4, -0.2) is 43.9 Å². The Balaban J connectivity index is 1.44. The van der Waals surface area contributed by atoms with Gasteiger partial charge in [-0.05, 0) is 53.6 Å². The largest absolute Gasteiger partial charge is 0.497 e. The van der Waals surface area contributed by atoms with Gasteiger partial charge in [-0.3, -0.25) is 0 Å². The first-order valence-corrected chi connectivity index (χ1v) is 14.5. The molecule has 0 aromatic heterocycles. The maximum Gasteiger partial charge on any atom is 0.155 e. The lowest BCUT2D eigenvalue weighted by Crippen LogP contribution is -2.23. The summed E-state index contributed by atoms with van der Waals surface area (Å²) in [5, 5.41) is 10.2. The summed E-state index contributed by atoms with van der Waals surface area (Å²) in [6.45, 7) is 5.65. The molecule has 6 nitrogen and oxygen atoms in total. The van der Waals surface area contributed by atoms with E-state index < -0.39 is 6.29 Å². The highest BCUT2D eigenvalue weighted by Gasteiger charge is 2.48. The number of hydrogen-bond acceptors (Lipinski definition) is 6. The zero-order valence-electron chi connectivity index (χ0n) is 24.0. The highest BCUT2D eigenvalue weighted by atomic mass is 16.6. The fourth-order valence-electron chi connectivity index (χ4n) is 5.86. The lowest BCUT2D eigenvalue weighted by Gasteiger charge is -2.23. The highest BCUT2D eigenvalue weighted by molar-refractivity contribution is 5.27. The van der Waals surface area contributed by atoms with E-state index >= 15 is 0 Å². The Morgan fingerprint density at radius 1 is 0.949 bits per heavy atom. The molecule has 1 heterocycles. The first kappa shape index (κ1) is 29.6. The molecule has 0 spiro atoms. The second kappa shape index (κ2) is 14.8.